The predicted molar refractivity (Wildman–Crippen MR) is 130 cm³/mol. The van der Waals surface area contributed by atoms with E-state index in [4.69, 9.17) is 4.74 Å². The number of fused-ring (bicyclic) bond motifs is 1. The van der Waals surface area contributed by atoms with Crippen molar-refractivity contribution in [3.63, 3.8) is 0 Å². The highest BCUT2D eigenvalue weighted by molar-refractivity contribution is 6.21. The molecule has 10 heteroatoms. The van der Waals surface area contributed by atoms with Crippen LogP contribution in [0, 0.1) is 6.92 Å². The summed E-state index contributed by atoms with van der Waals surface area (Å²) in [5.74, 6) is 0.597. The highest BCUT2D eigenvalue weighted by Gasteiger charge is 2.34. The lowest BCUT2D eigenvalue weighted by Gasteiger charge is -2.13. The number of hydrogen-bond donors (Lipinski definition) is 1. The fourth-order valence-corrected chi connectivity index (χ4v) is 3.82. The van der Waals surface area contributed by atoms with Crippen molar-refractivity contribution in [1.82, 2.24) is 24.9 Å². The SMILES string of the molecule is Cc1ccn(-c2ccc(Oc3ccc(NC(=O)CCCN4C(=O)c5ccccc5C4=O)cc3)nn2)n1. The quantitative estimate of drug-likeness (QED) is 0.380. The van der Waals surface area contributed by atoms with E-state index in [2.05, 4.69) is 20.6 Å². The van der Waals surface area contributed by atoms with Crippen LogP contribution in [0.2, 0.25) is 0 Å². The maximum atomic E-state index is 12.4. The molecule has 36 heavy (non-hydrogen) atoms. The molecule has 0 saturated carbocycles. The van der Waals surface area contributed by atoms with E-state index in [0.717, 1.165) is 5.69 Å². The van der Waals surface area contributed by atoms with Gasteiger partial charge in [0.05, 0.1) is 16.8 Å². The van der Waals surface area contributed by atoms with Gasteiger partial charge < -0.3 is 10.1 Å². The van der Waals surface area contributed by atoms with E-state index in [-0.39, 0.29) is 30.7 Å². The minimum atomic E-state index is -0.317. The monoisotopic (exact) mass is 482 g/mol. The molecule has 0 spiro atoms. The van der Waals surface area contributed by atoms with Gasteiger partial charge in [0.15, 0.2) is 5.82 Å². The summed E-state index contributed by atoms with van der Waals surface area (Å²) in [5.41, 5.74) is 2.30. The number of amides is 3. The third kappa shape index (κ3) is 4.83. The van der Waals surface area contributed by atoms with Crippen LogP contribution in [0.15, 0.2) is 72.9 Å². The van der Waals surface area contributed by atoms with Gasteiger partial charge in [-0.3, -0.25) is 19.3 Å². The van der Waals surface area contributed by atoms with Gasteiger partial charge in [-0.05, 0) is 61.9 Å². The molecule has 0 saturated heterocycles. The van der Waals surface area contributed by atoms with Crippen LogP contribution in [0.3, 0.4) is 0 Å². The summed E-state index contributed by atoms with van der Waals surface area (Å²) in [6.45, 7) is 2.08. The molecule has 1 aliphatic heterocycles. The minimum Gasteiger partial charge on any atom is -0.438 e. The molecule has 10 nitrogen and oxygen atoms in total. The Labute approximate surface area is 206 Å². The Morgan fingerprint density at radius 3 is 2.25 bits per heavy atom. The molecule has 180 valence electrons. The molecule has 3 amide bonds. The molecule has 0 radical (unpaired) electrons. The molecule has 5 rings (SSSR count). The fraction of sp³-hybridized carbons (Fsp3) is 0.154. The van der Waals surface area contributed by atoms with Crippen LogP contribution in [-0.2, 0) is 4.79 Å². The van der Waals surface area contributed by atoms with Gasteiger partial charge in [-0.15, -0.1) is 10.2 Å². The number of nitrogens with one attached hydrogen (secondary N) is 1. The van der Waals surface area contributed by atoms with Crippen molar-refractivity contribution in [2.45, 2.75) is 19.8 Å². The van der Waals surface area contributed by atoms with E-state index in [1.54, 1.807) is 71.5 Å². The highest BCUT2D eigenvalue weighted by atomic mass is 16.5. The Kier molecular flexibility index (Phi) is 6.23. The first kappa shape index (κ1) is 22.9. The summed E-state index contributed by atoms with van der Waals surface area (Å²) < 4.78 is 7.35. The molecule has 0 unspecified atom stereocenters. The van der Waals surface area contributed by atoms with Gasteiger partial charge >= 0.3 is 0 Å². The van der Waals surface area contributed by atoms with E-state index in [1.807, 2.05) is 13.0 Å². The van der Waals surface area contributed by atoms with Gasteiger partial charge in [0, 0.05) is 30.9 Å². The number of aromatic nitrogens is 4. The number of nitrogens with zero attached hydrogens (tertiary/aromatic N) is 5. The Bertz CT molecular complexity index is 1390. The van der Waals surface area contributed by atoms with Crippen molar-refractivity contribution in [2.75, 3.05) is 11.9 Å². The van der Waals surface area contributed by atoms with Crippen molar-refractivity contribution >= 4 is 23.4 Å². The molecule has 0 bridgehead atoms. The van der Waals surface area contributed by atoms with Crippen molar-refractivity contribution in [2.24, 2.45) is 0 Å². The zero-order valence-electron chi connectivity index (χ0n) is 19.4. The molecule has 0 fully saturated rings. The third-order valence-electron chi connectivity index (χ3n) is 5.61. The molecule has 0 atom stereocenters. The highest BCUT2D eigenvalue weighted by Crippen LogP contribution is 2.24. The number of anilines is 1. The summed E-state index contributed by atoms with van der Waals surface area (Å²) in [4.78, 5) is 38.3. The number of aryl methyl sites for hydroxylation is 1. The Hall–Kier alpha value is -4.86. The number of rotatable bonds is 8. The normalized spacial score (nSPS) is 12.5. The van der Waals surface area contributed by atoms with Crippen molar-refractivity contribution in [1.29, 1.82) is 0 Å². The van der Waals surface area contributed by atoms with Gasteiger partial charge in [0.2, 0.25) is 11.8 Å². The van der Waals surface area contributed by atoms with E-state index >= 15 is 0 Å². The van der Waals surface area contributed by atoms with Gasteiger partial charge in [-0.25, -0.2) is 4.68 Å². The van der Waals surface area contributed by atoms with Gasteiger partial charge in [-0.1, -0.05) is 12.1 Å². The van der Waals surface area contributed by atoms with E-state index in [9.17, 15) is 14.4 Å². The van der Waals surface area contributed by atoms with Crippen LogP contribution in [-0.4, -0.2) is 49.1 Å². The largest absolute Gasteiger partial charge is 0.438 e. The third-order valence-corrected chi connectivity index (χ3v) is 5.61. The lowest BCUT2D eigenvalue weighted by atomic mass is 10.1. The number of benzene rings is 2. The topological polar surface area (TPSA) is 119 Å². The van der Waals surface area contributed by atoms with Crippen molar-refractivity contribution in [3.8, 4) is 17.4 Å². The molecule has 4 aromatic rings. The van der Waals surface area contributed by atoms with Gasteiger partial charge in [-0.2, -0.15) is 5.10 Å². The van der Waals surface area contributed by atoms with Crippen molar-refractivity contribution < 1.29 is 19.1 Å². The molecule has 1 aliphatic rings. The zero-order chi connectivity index (χ0) is 25.1. The molecule has 1 N–H and O–H groups in total. The number of ether oxygens (including phenoxy) is 1. The number of carbonyl (C=O) groups is 3. The minimum absolute atomic E-state index is 0.170. The van der Waals surface area contributed by atoms with Crippen LogP contribution in [0.1, 0.15) is 39.3 Å². The van der Waals surface area contributed by atoms with Crippen LogP contribution in [0.5, 0.6) is 11.6 Å². The molecular weight excluding hydrogens is 460 g/mol. The zero-order valence-corrected chi connectivity index (χ0v) is 19.4. The standard InChI is InChI=1S/C26H22N6O4/c1-17-14-16-32(30-17)22-12-13-24(29-28-22)36-19-10-8-18(9-11-19)27-23(33)7-4-15-31-25(34)20-5-2-3-6-21(20)26(31)35/h2-3,5-6,8-14,16H,4,7,15H2,1H3,(H,27,33). The smallest absolute Gasteiger partial charge is 0.261 e. The fourth-order valence-electron chi connectivity index (χ4n) is 3.82. The summed E-state index contributed by atoms with van der Waals surface area (Å²) in [7, 11) is 0. The number of carbonyl (C=O) groups excluding carboxylic acids is 3. The second kappa shape index (κ2) is 9.79. The Morgan fingerprint density at radius 2 is 1.64 bits per heavy atom. The van der Waals surface area contributed by atoms with Crippen molar-refractivity contribution in [3.05, 3.63) is 89.7 Å². The Balaban J connectivity index is 1.09. The average Bonchev–Trinajstić information content (AvgIpc) is 3.43. The van der Waals surface area contributed by atoms with E-state index < -0.39 is 0 Å². The van der Waals surface area contributed by atoms with E-state index in [0.29, 0.717) is 40.7 Å². The number of hydrogen-bond acceptors (Lipinski definition) is 7. The van der Waals surface area contributed by atoms with E-state index in [1.165, 1.54) is 4.90 Å². The first-order valence-corrected chi connectivity index (χ1v) is 11.4. The molecule has 2 aromatic heterocycles. The first-order valence-electron chi connectivity index (χ1n) is 11.4. The maximum absolute atomic E-state index is 12.4. The van der Waals surface area contributed by atoms with Crippen LogP contribution >= 0.6 is 0 Å². The molecule has 0 aliphatic carbocycles. The molecule has 3 heterocycles. The Morgan fingerprint density at radius 1 is 0.917 bits per heavy atom. The van der Waals surface area contributed by atoms with Gasteiger partial charge in [0.1, 0.15) is 5.75 Å². The molecule has 2 aromatic carbocycles. The van der Waals surface area contributed by atoms with Crippen LogP contribution in [0.4, 0.5) is 5.69 Å². The summed E-state index contributed by atoms with van der Waals surface area (Å²) in [6, 6.07) is 18.9. The van der Waals surface area contributed by atoms with Gasteiger partial charge in [0.25, 0.3) is 11.8 Å². The average molecular weight is 483 g/mol. The summed E-state index contributed by atoms with van der Waals surface area (Å²) >= 11 is 0. The summed E-state index contributed by atoms with van der Waals surface area (Å²) in [5, 5.41) is 15.3. The summed E-state index contributed by atoms with van der Waals surface area (Å²) in [6.07, 6.45) is 2.34. The lowest BCUT2D eigenvalue weighted by molar-refractivity contribution is -0.116. The second-order valence-corrected chi connectivity index (χ2v) is 8.22. The molecular formula is C26H22N6O4. The van der Waals surface area contributed by atoms with Crippen LogP contribution in [0.25, 0.3) is 5.82 Å². The number of imide groups is 1. The van der Waals surface area contributed by atoms with Crippen LogP contribution < -0.4 is 10.1 Å². The second-order valence-electron chi connectivity index (χ2n) is 8.22. The first-order chi connectivity index (χ1) is 17.5. The predicted octanol–water partition coefficient (Wildman–Crippen LogP) is 3.78. The lowest BCUT2D eigenvalue weighted by Crippen LogP contribution is -2.31. The maximum Gasteiger partial charge on any atom is 0.261 e.